The van der Waals surface area contributed by atoms with E-state index in [-0.39, 0.29) is 0 Å². The standard InChI is InChI=1S/C12H25NO/c1-10(2)9-14-8-4-5-12(13-3)11-6-7-11/h10-13H,4-9H2,1-3H3. The van der Waals surface area contributed by atoms with Crippen molar-refractivity contribution >= 4 is 0 Å². The van der Waals surface area contributed by atoms with Crippen LogP contribution in [0.2, 0.25) is 0 Å². The van der Waals surface area contributed by atoms with Crippen molar-refractivity contribution in [3.63, 3.8) is 0 Å². The maximum atomic E-state index is 5.56. The van der Waals surface area contributed by atoms with Gasteiger partial charge < -0.3 is 10.1 Å². The summed E-state index contributed by atoms with van der Waals surface area (Å²) >= 11 is 0. The third-order valence-corrected chi connectivity index (χ3v) is 2.82. The second-order valence-corrected chi connectivity index (χ2v) is 4.84. The monoisotopic (exact) mass is 199 g/mol. The lowest BCUT2D eigenvalue weighted by Gasteiger charge is -2.15. The van der Waals surface area contributed by atoms with Crippen molar-refractivity contribution in [1.29, 1.82) is 0 Å². The van der Waals surface area contributed by atoms with Gasteiger partial charge in [-0.15, -0.1) is 0 Å². The number of hydrogen-bond donors (Lipinski definition) is 1. The third kappa shape index (κ3) is 4.97. The minimum absolute atomic E-state index is 0.665. The average molecular weight is 199 g/mol. The van der Waals surface area contributed by atoms with Crippen molar-refractivity contribution in [2.45, 2.75) is 45.6 Å². The summed E-state index contributed by atoms with van der Waals surface area (Å²) in [7, 11) is 2.08. The first-order valence-corrected chi connectivity index (χ1v) is 5.99. The summed E-state index contributed by atoms with van der Waals surface area (Å²) < 4.78 is 5.56. The summed E-state index contributed by atoms with van der Waals surface area (Å²) in [5.41, 5.74) is 0. The second-order valence-electron chi connectivity index (χ2n) is 4.84. The van der Waals surface area contributed by atoms with Crippen molar-refractivity contribution in [2.24, 2.45) is 11.8 Å². The summed E-state index contributed by atoms with van der Waals surface area (Å²) in [6, 6.07) is 0.748. The Morgan fingerprint density at radius 1 is 1.36 bits per heavy atom. The van der Waals surface area contributed by atoms with Gasteiger partial charge in [-0.05, 0) is 44.6 Å². The Bertz CT molecular complexity index is 143. The first-order valence-electron chi connectivity index (χ1n) is 5.99. The molecule has 0 radical (unpaired) electrons. The normalized spacial score (nSPS) is 18.9. The molecule has 0 heterocycles. The van der Waals surface area contributed by atoms with Gasteiger partial charge in [-0.2, -0.15) is 0 Å². The zero-order chi connectivity index (χ0) is 10.4. The van der Waals surface area contributed by atoms with E-state index in [2.05, 4.69) is 26.2 Å². The zero-order valence-corrected chi connectivity index (χ0v) is 9.88. The molecule has 1 aliphatic carbocycles. The van der Waals surface area contributed by atoms with Crippen LogP contribution in [0, 0.1) is 11.8 Å². The summed E-state index contributed by atoms with van der Waals surface area (Å²) in [6.07, 6.45) is 5.34. The molecule has 0 aromatic carbocycles. The molecule has 1 aliphatic rings. The van der Waals surface area contributed by atoms with Gasteiger partial charge in [0.2, 0.25) is 0 Å². The Kier molecular flexibility index (Phi) is 5.49. The molecule has 0 aromatic rings. The molecular weight excluding hydrogens is 174 g/mol. The molecule has 2 heteroatoms. The molecular formula is C12H25NO. The van der Waals surface area contributed by atoms with Crippen LogP contribution in [0.3, 0.4) is 0 Å². The number of hydrogen-bond acceptors (Lipinski definition) is 2. The van der Waals surface area contributed by atoms with Gasteiger partial charge in [0.25, 0.3) is 0 Å². The molecule has 0 aromatic heterocycles. The van der Waals surface area contributed by atoms with Crippen LogP contribution in [0.15, 0.2) is 0 Å². The van der Waals surface area contributed by atoms with E-state index in [1.165, 1.54) is 25.7 Å². The predicted molar refractivity (Wildman–Crippen MR) is 60.5 cm³/mol. The first-order chi connectivity index (χ1) is 6.74. The lowest BCUT2D eigenvalue weighted by Crippen LogP contribution is -2.27. The molecule has 14 heavy (non-hydrogen) atoms. The van der Waals surface area contributed by atoms with Crippen LogP contribution in [0.25, 0.3) is 0 Å². The quantitative estimate of drug-likeness (QED) is 0.606. The SMILES string of the molecule is CNC(CCCOCC(C)C)C1CC1. The van der Waals surface area contributed by atoms with E-state index in [1.54, 1.807) is 0 Å². The fraction of sp³-hybridized carbons (Fsp3) is 1.00. The maximum absolute atomic E-state index is 5.56. The molecule has 2 nitrogen and oxygen atoms in total. The Morgan fingerprint density at radius 3 is 2.57 bits per heavy atom. The molecule has 0 aliphatic heterocycles. The summed E-state index contributed by atoms with van der Waals surface area (Å²) in [5.74, 6) is 1.63. The van der Waals surface area contributed by atoms with Crippen molar-refractivity contribution in [1.82, 2.24) is 5.32 Å². The lowest BCUT2D eigenvalue weighted by atomic mass is 10.1. The van der Waals surface area contributed by atoms with Crippen LogP contribution >= 0.6 is 0 Å². The summed E-state index contributed by atoms with van der Waals surface area (Å²) in [6.45, 7) is 6.23. The van der Waals surface area contributed by atoms with Crippen molar-refractivity contribution in [3.05, 3.63) is 0 Å². The Balaban J connectivity index is 1.91. The number of nitrogens with one attached hydrogen (secondary N) is 1. The smallest absolute Gasteiger partial charge is 0.0488 e. The first kappa shape index (κ1) is 12.0. The minimum atomic E-state index is 0.665. The highest BCUT2D eigenvalue weighted by molar-refractivity contribution is 4.85. The molecule has 1 N–H and O–H groups in total. The van der Waals surface area contributed by atoms with Gasteiger partial charge in [0.1, 0.15) is 0 Å². The fourth-order valence-corrected chi connectivity index (χ4v) is 1.84. The maximum Gasteiger partial charge on any atom is 0.0488 e. The van der Waals surface area contributed by atoms with Gasteiger partial charge in [-0.25, -0.2) is 0 Å². The minimum Gasteiger partial charge on any atom is -0.381 e. The van der Waals surface area contributed by atoms with E-state index in [0.717, 1.165) is 25.2 Å². The van der Waals surface area contributed by atoms with E-state index in [0.29, 0.717) is 5.92 Å². The highest BCUT2D eigenvalue weighted by Crippen LogP contribution is 2.34. The average Bonchev–Trinajstić information content (AvgIpc) is 2.94. The molecule has 84 valence electrons. The van der Waals surface area contributed by atoms with Crippen LogP contribution < -0.4 is 5.32 Å². The molecule has 0 spiro atoms. The van der Waals surface area contributed by atoms with Crippen molar-refractivity contribution in [3.8, 4) is 0 Å². The van der Waals surface area contributed by atoms with E-state index in [4.69, 9.17) is 4.74 Å². The van der Waals surface area contributed by atoms with Gasteiger partial charge in [0.15, 0.2) is 0 Å². The Labute approximate surface area is 88.4 Å². The van der Waals surface area contributed by atoms with Crippen LogP contribution in [0.4, 0.5) is 0 Å². The summed E-state index contributed by atoms with van der Waals surface area (Å²) in [5, 5.41) is 3.41. The number of ether oxygens (including phenoxy) is 1. The molecule has 0 bridgehead atoms. The van der Waals surface area contributed by atoms with Gasteiger partial charge in [0, 0.05) is 19.3 Å². The van der Waals surface area contributed by atoms with E-state index >= 15 is 0 Å². The molecule has 1 rings (SSSR count). The Morgan fingerprint density at radius 2 is 2.07 bits per heavy atom. The molecule has 0 amide bonds. The van der Waals surface area contributed by atoms with E-state index in [1.807, 2.05) is 0 Å². The van der Waals surface area contributed by atoms with Crippen molar-refractivity contribution in [2.75, 3.05) is 20.3 Å². The third-order valence-electron chi connectivity index (χ3n) is 2.82. The lowest BCUT2D eigenvalue weighted by molar-refractivity contribution is 0.104. The van der Waals surface area contributed by atoms with Crippen LogP contribution in [-0.4, -0.2) is 26.3 Å². The molecule has 1 unspecified atom stereocenters. The van der Waals surface area contributed by atoms with Crippen LogP contribution in [-0.2, 0) is 4.74 Å². The second kappa shape index (κ2) is 6.41. The highest BCUT2D eigenvalue weighted by atomic mass is 16.5. The topological polar surface area (TPSA) is 21.3 Å². The zero-order valence-electron chi connectivity index (χ0n) is 9.88. The number of rotatable bonds is 8. The molecule has 0 saturated heterocycles. The fourth-order valence-electron chi connectivity index (χ4n) is 1.84. The summed E-state index contributed by atoms with van der Waals surface area (Å²) in [4.78, 5) is 0. The van der Waals surface area contributed by atoms with E-state index < -0.39 is 0 Å². The van der Waals surface area contributed by atoms with Crippen LogP contribution in [0.5, 0.6) is 0 Å². The van der Waals surface area contributed by atoms with Gasteiger partial charge >= 0.3 is 0 Å². The molecule has 1 saturated carbocycles. The van der Waals surface area contributed by atoms with E-state index in [9.17, 15) is 0 Å². The van der Waals surface area contributed by atoms with Crippen LogP contribution in [0.1, 0.15) is 39.5 Å². The predicted octanol–water partition coefficient (Wildman–Crippen LogP) is 2.44. The molecule has 1 atom stereocenters. The molecule has 1 fully saturated rings. The van der Waals surface area contributed by atoms with Gasteiger partial charge in [-0.3, -0.25) is 0 Å². The van der Waals surface area contributed by atoms with Gasteiger partial charge in [-0.1, -0.05) is 13.8 Å². The largest absolute Gasteiger partial charge is 0.381 e. The highest BCUT2D eigenvalue weighted by Gasteiger charge is 2.29. The van der Waals surface area contributed by atoms with Crippen molar-refractivity contribution < 1.29 is 4.74 Å². The Hall–Kier alpha value is -0.0800. The van der Waals surface area contributed by atoms with Gasteiger partial charge in [0.05, 0.1) is 0 Å².